The number of carbonyl (C=O) groups excluding carboxylic acids is 1. The molecule has 0 atom stereocenters. The zero-order valence-corrected chi connectivity index (χ0v) is 15.7. The van der Waals surface area contributed by atoms with Crippen molar-refractivity contribution in [3.63, 3.8) is 0 Å². The Hall–Kier alpha value is -3.53. The Morgan fingerprint density at radius 2 is 2.00 bits per heavy atom. The second-order valence-corrected chi connectivity index (χ2v) is 5.63. The lowest BCUT2D eigenvalue weighted by molar-refractivity contribution is -0.135. The summed E-state index contributed by atoms with van der Waals surface area (Å²) >= 11 is 0. The van der Waals surface area contributed by atoms with Gasteiger partial charge in [-0.15, -0.1) is 0 Å². The molecule has 1 aromatic rings. The van der Waals surface area contributed by atoms with E-state index in [2.05, 4.69) is 27.0 Å². The van der Waals surface area contributed by atoms with Gasteiger partial charge in [0.1, 0.15) is 17.4 Å². The van der Waals surface area contributed by atoms with Gasteiger partial charge in [0.2, 0.25) is 0 Å². The molecule has 0 radical (unpaired) electrons. The molecule has 1 aromatic carbocycles. The van der Waals surface area contributed by atoms with Crippen LogP contribution in [0, 0.1) is 5.82 Å². The molecule has 0 saturated heterocycles. The summed E-state index contributed by atoms with van der Waals surface area (Å²) in [4.78, 5) is 33.5. The Morgan fingerprint density at radius 3 is 2.59 bits per heavy atom. The second kappa shape index (κ2) is 12.0. The van der Waals surface area contributed by atoms with E-state index in [1.807, 2.05) is 0 Å². The number of halogens is 2. The second-order valence-electron chi connectivity index (χ2n) is 5.63. The number of carbonyl (C=O) groups is 2. The van der Waals surface area contributed by atoms with E-state index in [1.54, 1.807) is 6.07 Å². The summed E-state index contributed by atoms with van der Waals surface area (Å²) in [5.74, 6) is -2.94. The van der Waals surface area contributed by atoms with Gasteiger partial charge in [0.25, 0.3) is 0 Å². The number of carboxylic acids is 1. The lowest BCUT2D eigenvalue weighted by Gasteiger charge is -2.03. The highest BCUT2D eigenvalue weighted by atomic mass is 19.1. The molecule has 0 aliphatic carbocycles. The number of amidine groups is 1. The molecule has 0 heterocycles. The number of ketones is 1. The summed E-state index contributed by atoms with van der Waals surface area (Å²) in [7, 11) is 0. The summed E-state index contributed by atoms with van der Waals surface area (Å²) < 4.78 is 27.3. The molecule has 0 saturated carbocycles. The highest BCUT2D eigenvalue weighted by Crippen LogP contribution is 2.08. The average molecular weight is 405 g/mol. The quantitative estimate of drug-likeness (QED) is 0.404. The van der Waals surface area contributed by atoms with E-state index in [4.69, 9.17) is 10.8 Å². The molecular weight excluding hydrogens is 384 g/mol. The van der Waals surface area contributed by atoms with Gasteiger partial charge in [0, 0.05) is 19.0 Å². The minimum atomic E-state index is -1.13. The van der Waals surface area contributed by atoms with Crippen LogP contribution in [0.25, 0.3) is 0 Å². The van der Waals surface area contributed by atoms with Crippen LogP contribution in [-0.2, 0) is 16.1 Å². The van der Waals surface area contributed by atoms with Crippen LogP contribution in [0.1, 0.15) is 12.5 Å². The fraction of sp³-hybridized carbons (Fsp3) is 0.211. The fourth-order valence-electron chi connectivity index (χ4n) is 1.94. The molecule has 0 amide bonds. The van der Waals surface area contributed by atoms with Gasteiger partial charge in [-0.3, -0.25) is 14.6 Å². The predicted molar refractivity (Wildman–Crippen MR) is 107 cm³/mol. The molecule has 0 unspecified atom stereocenters. The van der Waals surface area contributed by atoms with Crippen molar-refractivity contribution in [1.82, 2.24) is 5.32 Å². The summed E-state index contributed by atoms with van der Waals surface area (Å²) in [5, 5.41) is 10.8. The van der Waals surface area contributed by atoms with E-state index in [1.165, 1.54) is 31.2 Å². The van der Waals surface area contributed by atoms with Crippen LogP contribution in [0.3, 0.4) is 0 Å². The number of rotatable bonds is 10. The van der Waals surface area contributed by atoms with Crippen LogP contribution in [0.5, 0.6) is 0 Å². The first-order valence-corrected chi connectivity index (χ1v) is 8.32. The Labute approximate surface area is 166 Å². The number of aliphatic imine (C=N–C) groups is 3. The maximum Gasteiger partial charge on any atom is 0.317 e. The van der Waals surface area contributed by atoms with E-state index in [-0.39, 0.29) is 30.3 Å². The molecule has 8 nitrogen and oxygen atoms in total. The number of nitrogens with one attached hydrogen (secondary N) is 1. The Morgan fingerprint density at radius 1 is 1.31 bits per heavy atom. The lowest BCUT2D eigenvalue weighted by Crippen LogP contribution is -2.23. The lowest BCUT2D eigenvalue weighted by atomic mass is 10.2. The summed E-state index contributed by atoms with van der Waals surface area (Å²) in [6, 6.07) is 5.99. The van der Waals surface area contributed by atoms with E-state index in [9.17, 15) is 18.4 Å². The Bertz CT molecular complexity index is 892. The van der Waals surface area contributed by atoms with E-state index in [0.717, 1.165) is 6.20 Å². The molecule has 29 heavy (non-hydrogen) atoms. The first-order valence-electron chi connectivity index (χ1n) is 8.32. The van der Waals surface area contributed by atoms with Crippen molar-refractivity contribution in [3.05, 3.63) is 59.4 Å². The molecule has 0 aliphatic heterocycles. The third-order valence-corrected chi connectivity index (χ3v) is 3.34. The standard InChI is InChI=1S/C19H21F2N5O3/c1-12(27)17(25-8-13-5-3-4-6-15(13)21)7-16(22)19(23-2)26-10-14(20)9-24-11-18(28)29/h3-7,10,24H,2,8-9,11,22H2,1H3,(H,28,29)/b14-10+,16-7?,25-17?,26-19?. The zero-order chi connectivity index (χ0) is 21.8. The van der Waals surface area contributed by atoms with Gasteiger partial charge in [-0.25, -0.2) is 18.8 Å². The largest absolute Gasteiger partial charge is 0.480 e. The molecule has 154 valence electrons. The number of allylic oxidation sites excluding steroid dienone is 1. The number of hydrogen-bond acceptors (Lipinski definition) is 6. The zero-order valence-electron chi connectivity index (χ0n) is 15.7. The van der Waals surface area contributed by atoms with Gasteiger partial charge >= 0.3 is 5.97 Å². The van der Waals surface area contributed by atoms with Crippen LogP contribution < -0.4 is 11.1 Å². The van der Waals surface area contributed by atoms with Crippen LogP contribution in [0.4, 0.5) is 8.78 Å². The van der Waals surface area contributed by atoms with Crippen molar-refractivity contribution < 1.29 is 23.5 Å². The molecule has 0 fully saturated rings. The maximum atomic E-state index is 13.7. The van der Waals surface area contributed by atoms with E-state index >= 15 is 0 Å². The van der Waals surface area contributed by atoms with Crippen molar-refractivity contribution in [1.29, 1.82) is 0 Å². The average Bonchev–Trinajstić information content (AvgIpc) is 2.66. The van der Waals surface area contributed by atoms with E-state index in [0.29, 0.717) is 5.56 Å². The summed E-state index contributed by atoms with van der Waals surface area (Å²) in [6.45, 7) is 3.69. The highest BCUT2D eigenvalue weighted by Gasteiger charge is 2.08. The van der Waals surface area contributed by atoms with Gasteiger partial charge in [0.05, 0.1) is 25.0 Å². The normalized spacial score (nSPS) is 13.3. The highest BCUT2D eigenvalue weighted by molar-refractivity contribution is 6.44. The summed E-state index contributed by atoms with van der Waals surface area (Å²) in [6.07, 6.45) is 1.98. The molecule has 0 aromatic heterocycles. The number of Topliss-reactive ketones (excluding diaryl/α,β-unsaturated/α-hetero) is 1. The van der Waals surface area contributed by atoms with Crippen molar-refractivity contribution in [2.24, 2.45) is 20.7 Å². The maximum absolute atomic E-state index is 13.7. The Kier molecular flexibility index (Phi) is 9.75. The van der Waals surface area contributed by atoms with Crippen molar-refractivity contribution >= 4 is 30.0 Å². The number of nitrogens with two attached hydrogens (primary N) is 1. The fourth-order valence-corrected chi connectivity index (χ4v) is 1.94. The smallest absolute Gasteiger partial charge is 0.317 e. The van der Waals surface area contributed by atoms with Crippen LogP contribution in [0.15, 0.2) is 63.0 Å². The summed E-state index contributed by atoms with van der Waals surface area (Å²) in [5.41, 5.74) is 5.98. The molecular formula is C19H21F2N5O3. The number of benzene rings is 1. The SMILES string of the molecule is C=NC(=N/C=C(/F)CNCC(=O)O)C(N)=CC(=NCc1ccccc1F)C(C)=O. The third kappa shape index (κ3) is 8.80. The van der Waals surface area contributed by atoms with Gasteiger partial charge in [0.15, 0.2) is 11.6 Å². The van der Waals surface area contributed by atoms with Gasteiger partial charge in [-0.1, -0.05) is 18.2 Å². The van der Waals surface area contributed by atoms with Crippen LogP contribution >= 0.6 is 0 Å². The monoisotopic (exact) mass is 405 g/mol. The number of carboxylic acid groups (broad SMARTS) is 1. The van der Waals surface area contributed by atoms with Gasteiger partial charge in [-0.05, 0) is 18.9 Å². The molecule has 0 aliphatic rings. The predicted octanol–water partition coefficient (Wildman–Crippen LogP) is 1.78. The molecule has 0 bridgehead atoms. The van der Waals surface area contributed by atoms with Crippen molar-refractivity contribution in [2.75, 3.05) is 13.1 Å². The van der Waals surface area contributed by atoms with E-state index < -0.39 is 29.9 Å². The van der Waals surface area contributed by atoms with Crippen molar-refractivity contribution in [3.8, 4) is 0 Å². The van der Waals surface area contributed by atoms with Gasteiger partial charge < -0.3 is 16.2 Å². The number of nitrogens with zero attached hydrogens (tertiary/aromatic N) is 3. The van der Waals surface area contributed by atoms with Gasteiger partial charge in [-0.2, -0.15) is 0 Å². The first-order chi connectivity index (χ1) is 13.7. The van der Waals surface area contributed by atoms with Crippen molar-refractivity contribution in [2.45, 2.75) is 13.5 Å². The van der Waals surface area contributed by atoms with Crippen LogP contribution in [0.2, 0.25) is 0 Å². The molecule has 0 spiro atoms. The topological polar surface area (TPSA) is 130 Å². The Balaban J connectivity index is 2.98. The third-order valence-electron chi connectivity index (χ3n) is 3.34. The number of hydrogen-bond donors (Lipinski definition) is 3. The number of aliphatic carboxylic acids is 1. The molecule has 4 N–H and O–H groups in total. The first kappa shape index (κ1) is 23.5. The minimum absolute atomic E-state index is 0.0466. The van der Waals surface area contributed by atoms with Crippen LogP contribution in [-0.4, -0.2) is 48.2 Å². The molecule has 1 rings (SSSR count). The molecule has 10 heteroatoms. The minimum Gasteiger partial charge on any atom is -0.480 e.